The van der Waals surface area contributed by atoms with Gasteiger partial charge in [-0.1, -0.05) is 23.8 Å². The number of rotatable bonds is 2. The van der Waals surface area contributed by atoms with E-state index in [0.717, 1.165) is 28.8 Å². The van der Waals surface area contributed by atoms with Gasteiger partial charge in [-0.15, -0.1) is 0 Å². The highest BCUT2D eigenvalue weighted by Gasteiger charge is 2.21. The molecular weight excluding hydrogens is 246 g/mol. The Morgan fingerprint density at radius 2 is 1.37 bits per heavy atom. The number of carbonyl (C=O) groups excluding carboxylic acids is 1. The maximum absolute atomic E-state index is 13.7. The van der Waals surface area contributed by atoms with Crippen molar-refractivity contribution in [2.45, 2.75) is 20.8 Å². The predicted molar refractivity (Wildman–Crippen MR) is 70.4 cm³/mol. The van der Waals surface area contributed by atoms with Crippen molar-refractivity contribution in [2.24, 2.45) is 0 Å². The molecule has 0 saturated carbocycles. The lowest BCUT2D eigenvalue weighted by molar-refractivity contribution is 0.103. The molecule has 0 heterocycles. The lowest BCUT2D eigenvalue weighted by Gasteiger charge is -2.11. The topological polar surface area (TPSA) is 17.1 Å². The van der Waals surface area contributed by atoms with Crippen LogP contribution in [0.5, 0.6) is 0 Å². The minimum absolute atomic E-state index is 0.370. The van der Waals surface area contributed by atoms with Crippen molar-refractivity contribution in [3.05, 3.63) is 69.8 Å². The Morgan fingerprint density at radius 3 is 1.84 bits per heavy atom. The third-order valence-electron chi connectivity index (χ3n) is 3.09. The van der Waals surface area contributed by atoms with Crippen LogP contribution in [0, 0.1) is 32.4 Å². The SMILES string of the molecule is Cc1cc(C)c(C(=O)c2c(F)cccc2F)c(C)c1. The van der Waals surface area contributed by atoms with Crippen molar-refractivity contribution in [3.63, 3.8) is 0 Å². The summed E-state index contributed by atoms with van der Waals surface area (Å²) in [6, 6.07) is 7.10. The fourth-order valence-electron chi connectivity index (χ4n) is 2.38. The molecule has 0 unspecified atom stereocenters. The van der Waals surface area contributed by atoms with Crippen LogP contribution in [0.1, 0.15) is 32.6 Å². The van der Waals surface area contributed by atoms with E-state index in [-0.39, 0.29) is 0 Å². The van der Waals surface area contributed by atoms with E-state index in [0.29, 0.717) is 5.56 Å². The summed E-state index contributed by atoms with van der Waals surface area (Å²) < 4.78 is 27.3. The fraction of sp³-hybridized carbons (Fsp3) is 0.188. The van der Waals surface area contributed by atoms with Gasteiger partial charge < -0.3 is 0 Å². The molecule has 0 aromatic heterocycles. The van der Waals surface area contributed by atoms with Crippen LogP contribution in [0.3, 0.4) is 0 Å². The first-order valence-corrected chi connectivity index (χ1v) is 5.98. The minimum Gasteiger partial charge on any atom is -0.288 e. The highest BCUT2D eigenvalue weighted by atomic mass is 19.1. The molecular formula is C16H14F2O. The number of carbonyl (C=O) groups is 1. The van der Waals surface area contributed by atoms with Gasteiger partial charge in [0.15, 0.2) is 5.78 Å². The molecule has 0 aliphatic rings. The first-order chi connectivity index (χ1) is 8.91. The Hall–Kier alpha value is -2.03. The summed E-state index contributed by atoms with van der Waals surface area (Å²) in [6.45, 7) is 5.45. The average Bonchev–Trinajstić information content (AvgIpc) is 2.26. The summed E-state index contributed by atoms with van der Waals surface area (Å²) in [5.74, 6) is -2.26. The molecule has 0 radical (unpaired) electrons. The van der Waals surface area contributed by atoms with E-state index in [1.165, 1.54) is 6.07 Å². The van der Waals surface area contributed by atoms with Crippen molar-refractivity contribution in [2.75, 3.05) is 0 Å². The Morgan fingerprint density at radius 1 is 0.895 bits per heavy atom. The van der Waals surface area contributed by atoms with Gasteiger partial charge in [0.25, 0.3) is 0 Å². The first kappa shape index (κ1) is 13.4. The average molecular weight is 260 g/mol. The minimum atomic E-state index is -0.829. The van der Waals surface area contributed by atoms with E-state index >= 15 is 0 Å². The summed E-state index contributed by atoms with van der Waals surface area (Å²) in [7, 11) is 0. The van der Waals surface area contributed by atoms with Crippen molar-refractivity contribution < 1.29 is 13.6 Å². The molecule has 0 atom stereocenters. The van der Waals surface area contributed by atoms with E-state index < -0.39 is 23.0 Å². The van der Waals surface area contributed by atoms with Gasteiger partial charge in [-0.05, 0) is 44.0 Å². The molecule has 0 aliphatic heterocycles. The zero-order chi connectivity index (χ0) is 14.2. The quantitative estimate of drug-likeness (QED) is 0.742. The largest absolute Gasteiger partial charge is 0.288 e. The van der Waals surface area contributed by atoms with E-state index in [1.54, 1.807) is 13.8 Å². The Labute approximate surface area is 110 Å². The molecule has 0 amide bonds. The van der Waals surface area contributed by atoms with Crippen molar-refractivity contribution in [3.8, 4) is 0 Å². The molecule has 1 nitrogen and oxygen atoms in total. The van der Waals surface area contributed by atoms with E-state index in [1.807, 2.05) is 19.1 Å². The maximum atomic E-state index is 13.7. The van der Waals surface area contributed by atoms with Crippen LogP contribution in [-0.2, 0) is 0 Å². The molecule has 19 heavy (non-hydrogen) atoms. The molecule has 3 heteroatoms. The number of hydrogen-bond donors (Lipinski definition) is 0. The summed E-state index contributed by atoms with van der Waals surface area (Å²) in [6.07, 6.45) is 0. The van der Waals surface area contributed by atoms with Gasteiger partial charge in [0, 0.05) is 5.56 Å². The second-order valence-electron chi connectivity index (χ2n) is 4.70. The third-order valence-corrected chi connectivity index (χ3v) is 3.09. The Kier molecular flexibility index (Phi) is 3.47. The van der Waals surface area contributed by atoms with Gasteiger partial charge in [0.2, 0.25) is 0 Å². The van der Waals surface area contributed by atoms with E-state index in [9.17, 15) is 13.6 Å². The van der Waals surface area contributed by atoms with Crippen LogP contribution < -0.4 is 0 Å². The summed E-state index contributed by atoms with van der Waals surface area (Å²) in [5.41, 5.74) is 2.35. The van der Waals surface area contributed by atoms with Crippen LogP contribution in [0.4, 0.5) is 8.78 Å². The van der Waals surface area contributed by atoms with Gasteiger partial charge in [0.1, 0.15) is 11.6 Å². The van der Waals surface area contributed by atoms with Gasteiger partial charge in [0.05, 0.1) is 5.56 Å². The lowest BCUT2D eigenvalue weighted by atomic mass is 9.93. The normalized spacial score (nSPS) is 10.6. The summed E-state index contributed by atoms with van der Waals surface area (Å²) >= 11 is 0. The predicted octanol–water partition coefficient (Wildman–Crippen LogP) is 4.12. The highest BCUT2D eigenvalue weighted by Crippen LogP contribution is 2.23. The standard InChI is InChI=1S/C16H14F2O/c1-9-7-10(2)14(11(3)8-9)16(19)15-12(17)5-4-6-13(15)18/h4-8H,1-3H3. The Balaban J connectivity index is 2.64. The van der Waals surface area contributed by atoms with Crippen LogP contribution in [0.15, 0.2) is 30.3 Å². The van der Waals surface area contributed by atoms with Crippen LogP contribution >= 0.6 is 0 Å². The second kappa shape index (κ2) is 4.92. The second-order valence-corrected chi connectivity index (χ2v) is 4.70. The lowest BCUT2D eigenvalue weighted by Crippen LogP contribution is -2.11. The number of ketones is 1. The Bertz CT molecular complexity index is 617. The van der Waals surface area contributed by atoms with Gasteiger partial charge >= 0.3 is 0 Å². The maximum Gasteiger partial charge on any atom is 0.199 e. The smallest absolute Gasteiger partial charge is 0.199 e. The van der Waals surface area contributed by atoms with Crippen molar-refractivity contribution in [1.29, 1.82) is 0 Å². The summed E-state index contributed by atoms with van der Waals surface area (Å²) in [5, 5.41) is 0. The van der Waals surface area contributed by atoms with Gasteiger partial charge in [-0.2, -0.15) is 0 Å². The van der Waals surface area contributed by atoms with Crippen molar-refractivity contribution in [1.82, 2.24) is 0 Å². The van der Waals surface area contributed by atoms with Crippen molar-refractivity contribution >= 4 is 5.78 Å². The molecule has 0 N–H and O–H groups in total. The monoisotopic (exact) mass is 260 g/mol. The molecule has 0 saturated heterocycles. The van der Waals surface area contributed by atoms with E-state index in [4.69, 9.17) is 0 Å². The molecule has 2 aromatic carbocycles. The highest BCUT2D eigenvalue weighted by molar-refractivity contribution is 6.11. The third kappa shape index (κ3) is 2.41. The van der Waals surface area contributed by atoms with Crippen LogP contribution in [0.2, 0.25) is 0 Å². The molecule has 0 aliphatic carbocycles. The first-order valence-electron chi connectivity index (χ1n) is 5.98. The van der Waals surface area contributed by atoms with Crippen LogP contribution in [-0.4, -0.2) is 5.78 Å². The van der Waals surface area contributed by atoms with Gasteiger partial charge in [-0.25, -0.2) is 8.78 Å². The van der Waals surface area contributed by atoms with Crippen LogP contribution in [0.25, 0.3) is 0 Å². The fourth-order valence-corrected chi connectivity index (χ4v) is 2.38. The van der Waals surface area contributed by atoms with E-state index in [2.05, 4.69) is 0 Å². The number of halogens is 2. The number of hydrogen-bond acceptors (Lipinski definition) is 1. The molecule has 2 rings (SSSR count). The molecule has 98 valence electrons. The molecule has 0 bridgehead atoms. The zero-order valence-corrected chi connectivity index (χ0v) is 11.1. The number of aryl methyl sites for hydroxylation is 3. The molecule has 0 spiro atoms. The zero-order valence-electron chi connectivity index (χ0n) is 11.1. The molecule has 2 aromatic rings. The van der Waals surface area contributed by atoms with Gasteiger partial charge in [-0.3, -0.25) is 4.79 Å². The molecule has 0 fully saturated rings. The summed E-state index contributed by atoms with van der Waals surface area (Å²) in [4.78, 5) is 12.4. The number of benzene rings is 2.